The Balaban J connectivity index is 0.00000392. The van der Waals surface area contributed by atoms with Crippen molar-refractivity contribution >= 4 is 45.6 Å². The van der Waals surface area contributed by atoms with Crippen molar-refractivity contribution in [2.45, 2.75) is 32.7 Å². The second-order valence-corrected chi connectivity index (χ2v) is 8.38. The Morgan fingerprint density at radius 3 is 2.36 bits per heavy atom. The number of sulfonamides is 1. The van der Waals surface area contributed by atoms with Crippen molar-refractivity contribution in [1.29, 1.82) is 0 Å². The van der Waals surface area contributed by atoms with Crippen LogP contribution in [0.15, 0.2) is 59.6 Å². The number of hydrogen-bond acceptors (Lipinski definition) is 3. The smallest absolute Gasteiger partial charge is 0.213 e. The Bertz CT molecular complexity index is 840. The molecular formula is C20H29IN4O2S. The Morgan fingerprint density at radius 2 is 1.75 bits per heavy atom. The van der Waals surface area contributed by atoms with Crippen LogP contribution in [0.5, 0.6) is 0 Å². The standard InChI is InChI=1S/C20H28N4O2S.HI/c1-3-16(2)18-9-11-19(12-10-18)24-20(21)22-13-14-27(25,26)23-15-17-7-5-4-6-8-17;/h4-12,16,23H,3,13-15H2,1-2H3,(H3,21,22,24);1H. The molecule has 1 atom stereocenters. The fourth-order valence-electron chi connectivity index (χ4n) is 2.47. The number of nitrogens with two attached hydrogens (primary N) is 1. The van der Waals surface area contributed by atoms with E-state index in [1.807, 2.05) is 42.5 Å². The van der Waals surface area contributed by atoms with Crippen LogP contribution in [0.2, 0.25) is 0 Å². The van der Waals surface area contributed by atoms with Gasteiger partial charge in [0.2, 0.25) is 10.0 Å². The number of aliphatic imine (C=N–C) groups is 1. The fourth-order valence-corrected chi connectivity index (χ4v) is 3.33. The van der Waals surface area contributed by atoms with Gasteiger partial charge in [-0.05, 0) is 35.6 Å². The van der Waals surface area contributed by atoms with E-state index < -0.39 is 10.0 Å². The highest BCUT2D eigenvalue weighted by Crippen LogP contribution is 2.20. The maximum atomic E-state index is 12.0. The van der Waals surface area contributed by atoms with Gasteiger partial charge in [-0.25, -0.2) is 13.1 Å². The number of halogens is 1. The van der Waals surface area contributed by atoms with Crippen molar-refractivity contribution in [3.8, 4) is 0 Å². The van der Waals surface area contributed by atoms with Gasteiger partial charge in [0.15, 0.2) is 5.96 Å². The summed E-state index contributed by atoms with van der Waals surface area (Å²) in [6.45, 7) is 4.70. The third-order valence-electron chi connectivity index (χ3n) is 4.35. The first-order valence-electron chi connectivity index (χ1n) is 9.08. The van der Waals surface area contributed by atoms with E-state index in [0.717, 1.165) is 17.7 Å². The van der Waals surface area contributed by atoms with Crippen molar-refractivity contribution in [2.75, 3.05) is 17.6 Å². The van der Waals surface area contributed by atoms with E-state index in [1.165, 1.54) is 5.56 Å². The number of rotatable bonds is 9. The molecule has 0 heterocycles. The van der Waals surface area contributed by atoms with Crippen LogP contribution in [0.25, 0.3) is 0 Å². The normalized spacial score (nSPS) is 12.9. The SMILES string of the molecule is CCC(C)c1ccc(NC(N)=NCCS(=O)(=O)NCc2ccccc2)cc1.I. The van der Waals surface area contributed by atoms with Gasteiger partial charge in [-0.3, -0.25) is 4.99 Å². The van der Waals surface area contributed by atoms with Crippen LogP contribution in [-0.2, 0) is 16.6 Å². The zero-order valence-electron chi connectivity index (χ0n) is 16.3. The molecule has 0 bridgehead atoms. The quantitative estimate of drug-likeness (QED) is 0.269. The van der Waals surface area contributed by atoms with Gasteiger partial charge in [0.25, 0.3) is 0 Å². The van der Waals surface area contributed by atoms with E-state index in [-0.39, 0.29) is 48.8 Å². The van der Waals surface area contributed by atoms with Crippen molar-refractivity contribution in [3.05, 3.63) is 65.7 Å². The van der Waals surface area contributed by atoms with E-state index in [4.69, 9.17) is 5.73 Å². The lowest BCUT2D eigenvalue weighted by Crippen LogP contribution is -2.28. The van der Waals surface area contributed by atoms with E-state index in [0.29, 0.717) is 5.92 Å². The molecule has 0 amide bonds. The zero-order valence-corrected chi connectivity index (χ0v) is 19.4. The second kappa shape index (κ2) is 12.0. The Hall–Kier alpha value is -1.65. The average molecular weight is 516 g/mol. The molecule has 6 nitrogen and oxygen atoms in total. The zero-order chi connectivity index (χ0) is 19.7. The van der Waals surface area contributed by atoms with Crippen molar-refractivity contribution in [2.24, 2.45) is 10.7 Å². The van der Waals surface area contributed by atoms with Gasteiger partial charge in [0.1, 0.15) is 0 Å². The molecule has 0 aromatic heterocycles. The van der Waals surface area contributed by atoms with Gasteiger partial charge in [-0.1, -0.05) is 56.3 Å². The van der Waals surface area contributed by atoms with E-state index in [1.54, 1.807) is 0 Å². The van der Waals surface area contributed by atoms with Crippen molar-refractivity contribution < 1.29 is 8.42 Å². The Kier molecular flexibility index (Phi) is 10.5. The summed E-state index contributed by atoms with van der Waals surface area (Å²) in [4.78, 5) is 4.10. The van der Waals surface area contributed by atoms with Crippen LogP contribution in [0.4, 0.5) is 5.69 Å². The predicted octanol–water partition coefficient (Wildman–Crippen LogP) is 3.66. The summed E-state index contributed by atoms with van der Waals surface area (Å²) in [5, 5.41) is 2.98. The summed E-state index contributed by atoms with van der Waals surface area (Å²) in [5.41, 5.74) is 8.86. The van der Waals surface area contributed by atoms with Gasteiger partial charge in [0.05, 0.1) is 12.3 Å². The summed E-state index contributed by atoms with van der Waals surface area (Å²) in [6, 6.07) is 17.4. The van der Waals surface area contributed by atoms with Gasteiger partial charge >= 0.3 is 0 Å². The maximum Gasteiger partial charge on any atom is 0.213 e. The van der Waals surface area contributed by atoms with Crippen molar-refractivity contribution in [1.82, 2.24) is 4.72 Å². The third-order valence-corrected chi connectivity index (χ3v) is 5.65. The molecule has 2 aromatic carbocycles. The maximum absolute atomic E-state index is 12.0. The minimum Gasteiger partial charge on any atom is -0.370 e. The highest BCUT2D eigenvalue weighted by atomic mass is 127. The topological polar surface area (TPSA) is 96.6 Å². The molecule has 8 heteroatoms. The molecule has 0 saturated carbocycles. The molecule has 4 N–H and O–H groups in total. The van der Waals surface area contributed by atoms with Crippen LogP contribution in [0.1, 0.15) is 37.3 Å². The highest BCUT2D eigenvalue weighted by Gasteiger charge is 2.09. The second-order valence-electron chi connectivity index (χ2n) is 6.45. The van der Waals surface area contributed by atoms with E-state index in [9.17, 15) is 8.42 Å². The monoisotopic (exact) mass is 516 g/mol. The third kappa shape index (κ3) is 8.57. The molecule has 28 heavy (non-hydrogen) atoms. The highest BCUT2D eigenvalue weighted by molar-refractivity contribution is 14.0. The van der Waals surface area contributed by atoms with Crippen molar-refractivity contribution in [3.63, 3.8) is 0 Å². The van der Waals surface area contributed by atoms with Crippen LogP contribution < -0.4 is 15.8 Å². The first kappa shape index (κ1) is 24.4. The van der Waals surface area contributed by atoms with Gasteiger partial charge in [-0.15, -0.1) is 24.0 Å². The molecule has 0 aliphatic carbocycles. The Labute approximate surface area is 185 Å². The number of benzene rings is 2. The van der Waals surface area contributed by atoms with Crippen LogP contribution in [0, 0.1) is 0 Å². The van der Waals surface area contributed by atoms with Gasteiger partial charge < -0.3 is 11.1 Å². The molecule has 1 unspecified atom stereocenters. The molecule has 154 valence electrons. The molecule has 0 saturated heterocycles. The largest absolute Gasteiger partial charge is 0.370 e. The molecule has 2 aromatic rings. The van der Waals surface area contributed by atoms with Gasteiger partial charge in [-0.2, -0.15) is 0 Å². The first-order valence-corrected chi connectivity index (χ1v) is 10.7. The molecular weight excluding hydrogens is 487 g/mol. The average Bonchev–Trinajstić information content (AvgIpc) is 2.67. The van der Waals surface area contributed by atoms with Crippen LogP contribution in [0.3, 0.4) is 0 Å². The molecule has 0 aliphatic heterocycles. The number of nitrogens with zero attached hydrogens (tertiary/aromatic N) is 1. The van der Waals surface area contributed by atoms with E-state index >= 15 is 0 Å². The fraction of sp³-hybridized carbons (Fsp3) is 0.350. The molecule has 0 fully saturated rings. The van der Waals surface area contributed by atoms with E-state index in [2.05, 4.69) is 41.0 Å². The lowest BCUT2D eigenvalue weighted by molar-refractivity contribution is 0.581. The summed E-state index contributed by atoms with van der Waals surface area (Å²) in [6.07, 6.45) is 1.09. The molecule has 2 rings (SSSR count). The summed E-state index contributed by atoms with van der Waals surface area (Å²) < 4.78 is 26.6. The number of nitrogens with one attached hydrogen (secondary N) is 2. The van der Waals surface area contributed by atoms with Crippen LogP contribution >= 0.6 is 24.0 Å². The molecule has 0 aliphatic rings. The predicted molar refractivity (Wildman–Crippen MR) is 128 cm³/mol. The number of hydrogen-bond donors (Lipinski definition) is 3. The number of guanidine groups is 1. The van der Waals surface area contributed by atoms with Crippen LogP contribution in [-0.4, -0.2) is 26.7 Å². The minimum atomic E-state index is -3.41. The lowest BCUT2D eigenvalue weighted by atomic mass is 9.99. The Morgan fingerprint density at radius 1 is 1.11 bits per heavy atom. The number of anilines is 1. The summed E-state index contributed by atoms with van der Waals surface area (Å²) in [5.74, 6) is 0.595. The first-order chi connectivity index (χ1) is 12.9. The van der Waals surface area contributed by atoms with Gasteiger partial charge in [0, 0.05) is 12.2 Å². The summed E-state index contributed by atoms with van der Waals surface area (Å²) >= 11 is 0. The molecule has 0 radical (unpaired) electrons. The minimum absolute atomic E-state index is 0. The molecule has 0 spiro atoms. The summed E-state index contributed by atoms with van der Waals surface area (Å²) in [7, 11) is -3.41. The lowest BCUT2D eigenvalue weighted by Gasteiger charge is -2.11.